The molecule has 0 fully saturated rings. The van der Waals surface area contributed by atoms with E-state index in [0.29, 0.717) is 33.4 Å². The summed E-state index contributed by atoms with van der Waals surface area (Å²) < 4.78 is 7.50. The normalized spacial score (nSPS) is 10.8. The second-order valence-corrected chi connectivity index (χ2v) is 10.2. The zero-order chi connectivity index (χ0) is 29.1. The fourth-order valence-corrected chi connectivity index (χ4v) is 4.75. The second kappa shape index (κ2) is 11.7. The lowest BCUT2D eigenvalue weighted by molar-refractivity contribution is -0.132. The molecule has 41 heavy (non-hydrogen) atoms. The van der Waals surface area contributed by atoms with Crippen molar-refractivity contribution in [2.45, 2.75) is 13.8 Å². The highest BCUT2D eigenvalue weighted by molar-refractivity contribution is 6.34. The molecule has 0 radical (unpaired) electrons. The molecule has 0 bridgehead atoms. The van der Waals surface area contributed by atoms with E-state index in [1.807, 2.05) is 86.6 Å². The fraction of sp³-hybridized carbons (Fsp3) is 0.121. The van der Waals surface area contributed by atoms with Crippen LogP contribution in [0.5, 0.6) is 5.88 Å². The van der Waals surface area contributed by atoms with E-state index in [4.69, 9.17) is 21.4 Å². The predicted molar refractivity (Wildman–Crippen MR) is 164 cm³/mol. The number of carbonyl (C=O) groups excluding carboxylic acids is 2. The maximum absolute atomic E-state index is 12.8. The minimum absolute atomic E-state index is 0.307. The highest BCUT2D eigenvalue weighted by atomic mass is 35.5. The van der Waals surface area contributed by atoms with E-state index in [1.165, 1.54) is 6.92 Å². The Balaban J connectivity index is 1.64. The van der Waals surface area contributed by atoms with Gasteiger partial charge in [-0.05, 0) is 66.6 Å². The number of halogens is 1. The molecule has 5 rings (SSSR count). The minimum Gasteiger partial charge on any atom is -0.407 e. The molecular formula is C33H29ClN4O3. The lowest BCUT2D eigenvalue weighted by atomic mass is 10.0. The third-order valence-electron chi connectivity index (χ3n) is 6.52. The molecule has 8 heteroatoms. The molecule has 1 amide bonds. The van der Waals surface area contributed by atoms with Gasteiger partial charge in [-0.25, -0.2) is 0 Å². The van der Waals surface area contributed by atoms with Gasteiger partial charge in [0, 0.05) is 38.0 Å². The lowest BCUT2D eigenvalue weighted by Gasteiger charge is -2.14. The first kappa shape index (κ1) is 27.7. The van der Waals surface area contributed by atoms with Crippen LogP contribution in [0.25, 0.3) is 28.1 Å². The van der Waals surface area contributed by atoms with E-state index in [-0.39, 0.29) is 5.91 Å². The van der Waals surface area contributed by atoms with Gasteiger partial charge >= 0.3 is 5.97 Å². The number of nitrogens with zero attached hydrogens (tertiary/aromatic N) is 3. The van der Waals surface area contributed by atoms with Gasteiger partial charge in [-0.3, -0.25) is 9.59 Å². The van der Waals surface area contributed by atoms with Crippen molar-refractivity contribution in [1.29, 1.82) is 0 Å². The first-order valence-electron chi connectivity index (χ1n) is 13.0. The molecule has 206 valence electrons. The average Bonchev–Trinajstić information content (AvgIpc) is 3.32. The van der Waals surface area contributed by atoms with Crippen molar-refractivity contribution in [2.75, 3.05) is 24.3 Å². The zero-order valence-electron chi connectivity index (χ0n) is 23.2. The van der Waals surface area contributed by atoms with Crippen molar-refractivity contribution in [3.8, 4) is 34.0 Å². The number of esters is 1. The molecule has 0 aliphatic heterocycles. The third-order valence-corrected chi connectivity index (χ3v) is 6.85. The van der Waals surface area contributed by atoms with Crippen LogP contribution < -0.4 is 15.0 Å². The zero-order valence-corrected chi connectivity index (χ0v) is 23.9. The number of carbonyl (C=O) groups is 2. The monoisotopic (exact) mass is 564 g/mol. The van der Waals surface area contributed by atoms with Gasteiger partial charge in [0.2, 0.25) is 5.88 Å². The number of hydrogen-bond donors (Lipinski definition) is 1. The van der Waals surface area contributed by atoms with Crippen molar-refractivity contribution in [1.82, 2.24) is 9.78 Å². The van der Waals surface area contributed by atoms with E-state index < -0.39 is 5.97 Å². The van der Waals surface area contributed by atoms with Gasteiger partial charge in [-0.15, -0.1) is 0 Å². The molecule has 4 aromatic carbocycles. The predicted octanol–water partition coefficient (Wildman–Crippen LogP) is 7.41. The standard InChI is InChI=1S/C33H29ClN4O3/c1-21-9-7-12-27(19-21)38-33(41-22(2)39)30(31(36-38)24-10-8-11-26(20-24)37(3)4)23-15-17-25(18-16-23)35-32(40)28-13-5-6-14-29(28)34/h5-20H,1-4H3,(H,35,40). The van der Waals surface area contributed by atoms with Crippen LogP contribution in [0.15, 0.2) is 97.1 Å². The van der Waals surface area contributed by atoms with Crippen LogP contribution in [0.2, 0.25) is 5.02 Å². The van der Waals surface area contributed by atoms with Crippen molar-refractivity contribution >= 4 is 34.9 Å². The summed E-state index contributed by atoms with van der Waals surface area (Å²) in [5.74, 6) is -0.462. The molecule has 1 aromatic heterocycles. The Morgan fingerprint density at radius 3 is 2.29 bits per heavy atom. The minimum atomic E-state index is -0.461. The first-order chi connectivity index (χ1) is 19.7. The van der Waals surface area contributed by atoms with Gasteiger partial charge in [0.1, 0.15) is 5.69 Å². The largest absolute Gasteiger partial charge is 0.407 e. The van der Waals surface area contributed by atoms with Crippen molar-refractivity contribution in [3.05, 3.63) is 113 Å². The molecule has 0 unspecified atom stereocenters. The molecular weight excluding hydrogens is 536 g/mol. The number of hydrogen-bond acceptors (Lipinski definition) is 5. The molecule has 1 N–H and O–H groups in total. The van der Waals surface area contributed by atoms with Crippen molar-refractivity contribution in [2.24, 2.45) is 0 Å². The topological polar surface area (TPSA) is 76.5 Å². The van der Waals surface area contributed by atoms with Crippen molar-refractivity contribution < 1.29 is 14.3 Å². The molecule has 7 nitrogen and oxygen atoms in total. The maximum Gasteiger partial charge on any atom is 0.309 e. The van der Waals surface area contributed by atoms with Crippen LogP contribution in [0.1, 0.15) is 22.8 Å². The van der Waals surface area contributed by atoms with E-state index in [0.717, 1.165) is 28.1 Å². The molecule has 0 aliphatic carbocycles. The number of aromatic nitrogens is 2. The molecule has 0 spiro atoms. The Bertz CT molecular complexity index is 1740. The highest BCUT2D eigenvalue weighted by Gasteiger charge is 2.25. The Kier molecular flexibility index (Phi) is 7.90. The Hall–Kier alpha value is -4.88. The Morgan fingerprint density at radius 1 is 0.878 bits per heavy atom. The van der Waals surface area contributed by atoms with E-state index in [9.17, 15) is 9.59 Å². The number of aryl methyl sites for hydroxylation is 1. The summed E-state index contributed by atoms with van der Waals surface area (Å²) in [4.78, 5) is 27.2. The van der Waals surface area contributed by atoms with Crippen LogP contribution in [-0.4, -0.2) is 35.8 Å². The number of amides is 1. The van der Waals surface area contributed by atoms with Gasteiger partial charge in [0.05, 0.1) is 21.8 Å². The van der Waals surface area contributed by atoms with E-state index in [1.54, 1.807) is 41.1 Å². The summed E-state index contributed by atoms with van der Waals surface area (Å²) in [6.45, 7) is 3.37. The molecule has 1 heterocycles. The summed E-state index contributed by atoms with van der Waals surface area (Å²) >= 11 is 6.20. The number of benzene rings is 4. The van der Waals surface area contributed by atoms with E-state index in [2.05, 4.69) is 5.32 Å². The second-order valence-electron chi connectivity index (χ2n) is 9.83. The molecule has 0 aliphatic rings. The highest BCUT2D eigenvalue weighted by Crippen LogP contribution is 2.42. The molecule has 0 saturated heterocycles. The summed E-state index contributed by atoms with van der Waals surface area (Å²) in [6, 6.07) is 30.1. The maximum atomic E-state index is 12.8. The van der Waals surface area contributed by atoms with Crippen LogP contribution in [-0.2, 0) is 4.79 Å². The Labute approximate surface area is 244 Å². The molecule has 0 atom stereocenters. The summed E-state index contributed by atoms with van der Waals surface area (Å²) in [5, 5.41) is 8.25. The van der Waals surface area contributed by atoms with Gasteiger partial charge in [0.15, 0.2) is 0 Å². The van der Waals surface area contributed by atoms with Crippen LogP contribution >= 0.6 is 11.6 Å². The van der Waals surface area contributed by atoms with Gasteiger partial charge in [0.25, 0.3) is 5.91 Å². The number of ether oxygens (including phenoxy) is 1. The third kappa shape index (κ3) is 6.00. The van der Waals surface area contributed by atoms with Gasteiger partial charge < -0.3 is 15.0 Å². The first-order valence-corrected chi connectivity index (χ1v) is 13.4. The fourth-order valence-electron chi connectivity index (χ4n) is 4.53. The van der Waals surface area contributed by atoms with Crippen LogP contribution in [0.3, 0.4) is 0 Å². The SMILES string of the molecule is CC(=O)Oc1c(-c2ccc(NC(=O)c3ccccc3Cl)cc2)c(-c2cccc(N(C)C)c2)nn1-c1cccc(C)c1. The van der Waals surface area contributed by atoms with Crippen LogP contribution in [0, 0.1) is 6.92 Å². The number of rotatable bonds is 7. The quantitative estimate of drug-likeness (QED) is 0.208. The summed E-state index contributed by atoms with van der Waals surface area (Å²) in [7, 11) is 3.95. The molecule has 5 aromatic rings. The number of nitrogens with one attached hydrogen (secondary N) is 1. The number of anilines is 2. The molecule has 0 saturated carbocycles. The summed E-state index contributed by atoms with van der Waals surface area (Å²) in [6.07, 6.45) is 0. The Morgan fingerprint density at radius 2 is 1.61 bits per heavy atom. The van der Waals surface area contributed by atoms with Gasteiger partial charge in [-0.2, -0.15) is 9.78 Å². The lowest BCUT2D eigenvalue weighted by Crippen LogP contribution is -2.12. The smallest absolute Gasteiger partial charge is 0.309 e. The van der Waals surface area contributed by atoms with Crippen molar-refractivity contribution in [3.63, 3.8) is 0 Å². The summed E-state index contributed by atoms with van der Waals surface area (Å²) in [5.41, 5.74) is 6.73. The van der Waals surface area contributed by atoms with E-state index >= 15 is 0 Å². The van der Waals surface area contributed by atoms with Gasteiger partial charge in [-0.1, -0.05) is 60.1 Å². The van der Waals surface area contributed by atoms with Crippen LogP contribution in [0.4, 0.5) is 11.4 Å². The average molecular weight is 565 g/mol.